The first kappa shape index (κ1) is 15.3. The van der Waals surface area contributed by atoms with Gasteiger partial charge in [0, 0.05) is 30.1 Å². The van der Waals surface area contributed by atoms with Gasteiger partial charge in [-0.1, -0.05) is 25.5 Å². The van der Waals surface area contributed by atoms with Gasteiger partial charge in [0.25, 0.3) is 0 Å². The van der Waals surface area contributed by atoms with Crippen molar-refractivity contribution in [2.24, 2.45) is 34.5 Å². The maximum Gasteiger partial charge on any atom is 0.139 e. The molecule has 0 aromatic heterocycles. The van der Waals surface area contributed by atoms with Crippen molar-refractivity contribution in [3.63, 3.8) is 0 Å². The van der Waals surface area contributed by atoms with Crippen LogP contribution in [0.1, 0.15) is 59.3 Å². The lowest BCUT2D eigenvalue weighted by Crippen LogP contribution is -2.54. The predicted octanol–water partition coefficient (Wildman–Crippen LogP) is 3.71. The highest BCUT2D eigenvalue weighted by Gasteiger charge is 2.68. The number of rotatable bonds is 1. The first-order chi connectivity index (χ1) is 11.4. The summed E-state index contributed by atoms with van der Waals surface area (Å²) in [7, 11) is 0. The molecule has 0 spiro atoms. The van der Waals surface area contributed by atoms with Crippen LogP contribution in [-0.4, -0.2) is 23.8 Å². The van der Waals surface area contributed by atoms with Crippen LogP contribution in [0.25, 0.3) is 0 Å². The van der Waals surface area contributed by atoms with Crippen molar-refractivity contribution in [1.29, 1.82) is 0 Å². The van der Waals surface area contributed by atoms with Crippen molar-refractivity contribution in [1.82, 2.24) is 0 Å². The summed E-state index contributed by atoms with van der Waals surface area (Å²) in [5, 5.41) is 0. The average molecular weight is 328 g/mol. The Morgan fingerprint density at radius 2 is 2.08 bits per heavy atom. The highest BCUT2D eigenvalue weighted by atomic mass is 16.5. The van der Waals surface area contributed by atoms with Crippen LogP contribution in [0.15, 0.2) is 11.6 Å². The van der Waals surface area contributed by atoms with E-state index in [-0.39, 0.29) is 29.0 Å². The molecule has 3 nitrogen and oxygen atoms in total. The van der Waals surface area contributed by atoms with E-state index in [2.05, 4.69) is 19.9 Å². The number of carbonyl (C=O) groups excluding carboxylic acids is 2. The predicted molar refractivity (Wildman–Crippen MR) is 90.3 cm³/mol. The Kier molecular flexibility index (Phi) is 2.94. The highest BCUT2D eigenvalue weighted by molar-refractivity contribution is 5.84. The van der Waals surface area contributed by atoms with E-state index in [1.165, 1.54) is 12.0 Å². The van der Waals surface area contributed by atoms with E-state index in [4.69, 9.17) is 4.74 Å². The summed E-state index contributed by atoms with van der Waals surface area (Å²) >= 11 is 0. The van der Waals surface area contributed by atoms with E-state index >= 15 is 0 Å². The normalized spacial score (nSPS) is 55.0. The summed E-state index contributed by atoms with van der Waals surface area (Å²) < 4.78 is 6.55. The maximum atomic E-state index is 12.3. The van der Waals surface area contributed by atoms with Crippen LogP contribution in [0.3, 0.4) is 0 Å². The zero-order valence-corrected chi connectivity index (χ0v) is 15.0. The molecule has 5 rings (SSSR count). The molecular formula is C21H28O3. The first-order valence-corrected chi connectivity index (χ1v) is 9.73. The summed E-state index contributed by atoms with van der Waals surface area (Å²) in [4.78, 5) is 24.4. The zero-order chi connectivity index (χ0) is 16.9. The minimum Gasteiger partial charge on any atom is -0.373 e. The van der Waals surface area contributed by atoms with Crippen LogP contribution in [0.4, 0.5) is 0 Å². The molecule has 0 bridgehead atoms. The number of allylic oxidation sites excluding steroid dienone is 1. The lowest BCUT2D eigenvalue weighted by molar-refractivity contribution is -0.130. The Labute approximate surface area is 144 Å². The molecule has 8 atom stereocenters. The quantitative estimate of drug-likeness (QED) is 0.689. The second kappa shape index (κ2) is 4.60. The van der Waals surface area contributed by atoms with E-state index in [9.17, 15) is 9.59 Å². The van der Waals surface area contributed by atoms with E-state index in [0.717, 1.165) is 19.3 Å². The van der Waals surface area contributed by atoms with Crippen LogP contribution in [-0.2, 0) is 14.3 Å². The molecule has 130 valence electrons. The molecule has 3 heteroatoms. The van der Waals surface area contributed by atoms with Gasteiger partial charge in [-0.2, -0.15) is 0 Å². The van der Waals surface area contributed by atoms with Gasteiger partial charge in [-0.05, 0) is 49.9 Å². The van der Waals surface area contributed by atoms with Crippen molar-refractivity contribution in [3.8, 4) is 0 Å². The monoisotopic (exact) mass is 328 g/mol. The molecule has 4 aliphatic carbocycles. The second-order valence-corrected chi connectivity index (χ2v) is 9.58. The number of hydrogen-bond acceptors (Lipinski definition) is 3. The number of carbonyl (C=O) groups is 2. The molecule has 0 aromatic rings. The summed E-state index contributed by atoms with van der Waals surface area (Å²) in [6.07, 6.45) is 8.26. The fourth-order valence-corrected chi connectivity index (χ4v) is 7.79. The van der Waals surface area contributed by atoms with Crippen LogP contribution in [0, 0.1) is 34.5 Å². The van der Waals surface area contributed by atoms with Crippen molar-refractivity contribution in [3.05, 3.63) is 11.6 Å². The van der Waals surface area contributed by atoms with Crippen molar-refractivity contribution in [2.75, 3.05) is 0 Å². The Morgan fingerprint density at radius 1 is 1.29 bits per heavy atom. The number of ketones is 2. The van der Waals surface area contributed by atoms with E-state index < -0.39 is 0 Å². The fourth-order valence-electron chi connectivity index (χ4n) is 7.79. The van der Waals surface area contributed by atoms with Crippen LogP contribution in [0.5, 0.6) is 0 Å². The Balaban J connectivity index is 1.60. The van der Waals surface area contributed by atoms with E-state index in [0.29, 0.717) is 42.2 Å². The largest absolute Gasteiger partial charge is 0.373 e. The molecule has 0 unspecified atom stereocenters. The zero-order valence-electron chi connectivity index (χ0n) is 15.0. The lowest BCUT2D eigenvalue weighted by atomic mass is 9.47. The third-order valence-corrected chi connectivity index (χ3v) is 8.75. The summed E-state index contributed by atoms with van der Waals surface area (Å²) in [6.45, 7) is 6.50. The van der Waals surface area contributed by atoms with Gasteiger partial charge in [-0.25, -0.2) is 0 Å². The van der Waals surface area contributed by atoms with Gasteiger partial charge in [0.1, 0.15) is 11.6 Å². The molecule has 0 amide bonds. The lowest BCUT2D eigenvalue weighted by Gasteiger charge is -2.55. The SMILES string of the molecule is CC(=O)[C@H]1CC[C@H]2[C@@H]3CC=C4CC(=O)C[C@@H]5O[C@H](C[C@]12C)[C@@H]3[C@]45C. The third kappa shape index (κ3) is 1.63. The second-order valence-electron chi connectivity index (χ2n) is 9.58. The molecular weight excluding hydrogens is 300 g/mol. The van der Waals surface area contributed by atoms with Gasteiger partial charge < -0.3 is 4.74 Å². The molecule has 0 N–H and O–H groups in total. The van der Waals surface area contributed by atoms with Crippen LogP contribution < -0.4 is 0 Å². The average Bonchev–Trinajstić information content (AvgIpc) is 2.98. The molecule has 5 aliphatic rings. The first-order valence-electron chi connectivity index (χ1n) is 9.73. The van der Waals surface area contributed by atoms with E-state index in [1.54, 1.807) is 6.92 Å². The minimum atomic E-state index is 0.0666. The van der Waals surface area contributed by atoms with Gasteiger partial charge in [-0.3, -0.25) is 9.59 Å². The van der Waals surface area contributed by atoms with Crippen molar-refractivity contribution in [2.45, 2.75) is 71.5 Å². The summed E-state index contributed by atoms with van der Waals surface area (Å²) in [5.74, 6) is 2.73. The van der Waals surface area contributed by atoms with Gasteiger partial charge in [-0.15, -0.1) is 0 Å². The summed E-state index contributed by atoms with van der Waals surface area (Å²) in [6, 6.07) is 0. The van der Waals surface area contributed by atoms with Gasteiger partial charge >= 0.3 is 0 Å². The maximum absolute atomic E-state index is 12.3. The van der Waals surface area contributed by atoms with Gasteiger partial charge in [0.2, 0.25) is 0 Å². The molecule has 1 saturated heterocycles. The van der Waals surface area contributed by atoms with E-state index in [1.807, 2.05) is 0 Å². The Bertz CT molecular complexity index is 664. The molecule has 0 aromatic carbocycles. The number of ether oxygens (including phenoxy) is 1. The molecule has 1 heterocycles. The number of hydrogen-bond donors (Lipinski definition) is 0. The third-order valence-electron chi connectivity index (χ3n) is 8.75. The fraction of sp³-hybridized carbons (Fsp3) is 0.810. The molecule has 1 aliphatic heterocycles. The van der Waals surface area contributed by atoms with Crippen LogP contribution in [0.2, 0.25) is 0 Å². The number of fused-ring (bicyclic) bond motifs is 2. The molecule has 0 radical (unpaired) electrons. The minimum absolute atomic E-state index is 0.0666. The topological polar surface area (TPSA) is 43.4 Å². The molecule has 24 heavy (non-hydrogen) atoms. The van der Waals surface area contributed by atoms with Gasteiger partial charge in [0.05, 0.1) is 12.2 Å². The van der Waals surface area contributed by atoms with Crippen molar-refractivity contribution < 1.29 is 14.3 Å². The molecule has 4 fully saturated rings. The standard InChI is InChI=1S/C21H28O3/c1-11(22)15-6-7-16-14-5-4-12-8-13(23)9-18-21(12,3)19(14)17(24-18)10-20(15,16)2/h4,14-19H,5-10H2,1-3H3/t14-,15+,16-,17+,18-,19+,20+,21+/m0/s1. The van der Waals surface area contributed by atoms with Gasteiger partial charge in [0.15, 0.2) is 0 Å². The molecule has 3 saturated carbocycles. The van der Waals surface area contributed by atoms with Crippen molar-refractivity contribution >= 4 is 11.6 Å². The Morgan fingerprint density at radius 3 is 2.83 bits per heavy atom. The highest BCUT2D eigenvalue weighted by Crippen LogP contribution is 2.69. The number of Topliss-reactive ketones (excluding diaryl/α,β-unsaturated/α-hetero) is 2. The summed E-state index contributed by atoms with van der Waals surface area (Å²) in [5.41, 5.74) is 1.52. The Hall–Kier alpha value is -0.960. The van der Waals surface area contributed by atoms with Crippen LogP contribution >= 0.6 is 0 Å². The smallest absolute Gasteiger partial charge is 0.139 e.